The summed E-state index contributed by atoms with van der Waals surface area (Å²) in [6.07, 6.45) is 1.67. The van der Waals surface area contributed by atoms with Crippen LogP contribution in [0.2, 0.25) is 0 Å². The Hall–Kier alpha value is -3.71. The molecule has 0 radical (unpaired) electrons. The number of phenols is 1. The molecule has 1 N–H and O–H groups in total. The quantitative estimate of drug-likeness (QED) is 0.276. The van der Waals surface area contributed by atoms with Gasteiger partial charge in [-0.2, -0.15) is 5.10 Å². The molecule has 160 valence electrons. The Morgan fingerprint density at radius 2 is 1.56 bits per heavy atom. The molecular formula is C25H21BrN4O2. The molecule has 0 saturated heterocycles. The monoisotopic (exact) mass is 488 g/mol. The van der Waals surface area contributed by atoms with Crippen LogP contribution in [-0.2, 0) is 0 Å². The number of hydrogen-bond donors (Lipinski definition) is 1. The van der Waals surface area contributed by atoms with Crippen LogP contribution in [0.1, 0.15) is 5.56 Å². The highest BCUT2D eigenvalue weighted by molar-refractivity contribution is 9.10. The molecule has 0 saturated carbocycles. The van der Waals surface area contributed by atoms with E-state index in [2.05, 4.69) is 21.0 Å². The van der Waals surface area contributed by atoms with Crippen molar-refractivity contribution in [3.05, 3.63) is 88.9 Å². The van der Waals surface area contributed by atoms with Crippen molar-refractivity contribution in [2.75, 3.05) is 19.2 Å². The Kier molecular flexibility index (Phi) is 6.47. The topological polar surface area (TPSA) is 70.8 Å². The molecule has 0 aliphatic heterocycles. The number of ether oxygens (including phenoxy) is 1. The van der Waals surface area contributed by atoms with E-state index in [-0.39, 0.29) is 5.75 Å². The third-order valence-electron chi connectivity index (χ3n) is 4.80. The number of benzene rings is 3. The van der Waals surface area contributed by atoms with E-state index in [9.17, 15) is 5.11 Å². The number of nitrogens with zero attached hydrogens (tertiary/aromatic N) is 4. The second-order valence-corrected chi connectivity index (χ2v) is 7.93. The zero-order chi connectivity index (χ0) is 22.5. The maximum Gasteiger partial charge on any atom is 0.247 e. The number of methoxy groups -OCH3 is 1. The average molecular weight is 489 g/mol. The predicted molar refractivity (Wildman–Crippen MR) is 131 cm³/mol. The third kappa shape index (κ3) is 4.95. The Bertz CT molecular complexity index is 1240. The first-order valence-electron chi connectivity index (χ1n) is 9.88. The van der Waals surface area contributed by atoms with Crippen molar-refractivity contribution < 1.29 is 9.84 Å². The second-order valence-electron chi connectivity index (χ2n) is 7.01. The van der Waals surface area contributed by atoms with Gasteiger partial charge in [-0.05, 0) is 42.0 Å². The zero-order valence-electron chi connectivity index (χ0n) is 17.6. The summed E-state index contributed by atoms with van der Waals surface area (Å²) in [5.41, 5.74) is 4.36. The minimum atomic E-state index is 0.0797. The van der Waals surface area contributed by atoms with E-state index in [1.165, 1.54) is 7.11 Å². The average Bonchev–Trinajstić information content (AvgIpc) is 2.84. The lowest BCUT2D eigenvalue weighted by molar-refractivity contribution is 0.373. The summed E-state index contributed by atoms with van der Waals surface area (Å²) in [6, 6.07) is 25.0. The molecule has 4 aromatic rings. The summed E-state index contributed by atoms with van der Waals surface area (Å²) in [5, 5.41) is 15.9. The van der Waals surface area contributed by atoms with E-state index < -0.39 is 0 Å². The van der Waals surface area contributed by atoms with Crippen molar-refractivity contribution in [3.63, 3.8) is 0 Å². The summed E-state index contributed by atoms with van der Waals surface area (Å²) >= 11 is 3.48. The fourth-order valence-corrected chi connectivity index (χ4v) is 3.35. The van der Waals surface area contributed by atoms with Crippen molar-refractivity contribution >= 4 is 28.1 Å². The first-order valence-corrected chi connectivity index (χ1v) is 10.7. The summed E-state index contributed by atoms with van der Waals surface area (Å²) in [4.78, 5) is 9.47. The standard InChI is InChI=1S/C25H21BrN4O2/c1-30(27-16-17-8-13-23(31)24(14-17)32-2)25-28-21(18-6-4-3-5-7-18)15-22(29-25)19-9-11-20(26)12-10-19/h3-16,31H,1-2H3. The van der Waals surface area contributed by atoms with Crippen LogP contribution in [-0.4, -0.2) is 35.4 Å². The largest absolute Gasteiger partial charge is 0.504 e. The van der Waals surface area contributed by atoms with Crippen LogP contribution >= 0.6 is 15.9 Å². The van der Waals surface area contributed by atoms with E-state index in [0.29, 0.717) is 11.7 Å². The summed E-state index contributed by atoms with van der Waals surface area (Å²) in [5.74, 6) is 0.929. The molecule has 0 amide bonds. The van der Waals surface area contributed by atoms with Gasteiger partial charge in [-0.1, -0.05) is 58.4 Å². The predicted octanol–water partition coefficient (Wildman–Crippen LogP) is 5.76. The normalized spacial score (nSPS) is 11.0. The highest BCUT2D eigenvalue weighted by Crippen LogP contribution is 2.28. The molecule has 0 bridgehead atoms. The minimum absolute atomic E-state index is 0.0797. The highest BCUT2D eigenvalue weighted by Gasteiger charge is 2.11. The van der Waals surface area contributed by atoms with Gasteiger partial charge in [0.05, 0.1) is 24.7 Å². The molecule has 0 unspecified atom stereocenters. The molecule has 0 atom stereocenters. The zero-order valence-corrected chi connectivity index (χ0v) is 19.2. The van der Waals surface area contributed by atoms with Gasteiger partial charge in [-0.15, -0.1) is 0 Å². The molecule has 0 spiro atoms. The van der Waals surface area contributed by atoms with Crippen molar-refractivity contribution in [2.24, 2.45) is 5.10 Å². The maximum absolute atomic E-state index is 9.78. The number of phenolic OH excluding ortho intramolecular Hbond substituents is 1. The number of hydrazone groups is 1. The van der Waals surface area contributed by atoms with Crippen LogP contribution < -0.4 is 9.75 Å². The SMILES string of the molecule is COc1cc(C=NN(C)c2nc(-c3ccccc3)cc(-c3ccc(Br)cc3)n2)ccc1O. The van der Waals surface area contributed by atoms with Gasteiger partial charge in [0, 0.05) is 22.6 Å². The molecule has 32 heavy (non-hydrogen) atoms. The lowest BCUT2D eigenvalue weighted by Gasteiger charge is -2.14. The first-order chi connectivity index (χ1) is 15.5. The lowest BCUT2D eigenvalue weighted by atomic mass is 10.1. The molecule has 7 heteroatoms. The second kappa shape index (κ2) is 9.62. The fraction of sp³-hybridized carbons (Fsp3) is 0.0800. The third-order valence-corrected chi connectivity index (χ3v) is 5.33. The summed E-state index contributed by atoms with van der Waals surface area (Å²) < 4.78 is 6.17. The van der Waals surface area contributed by atoms with Crippen molar-refractivity contribution in [3.8, 4) is 34.0 Å². The Morgan fingerprint density at radius 3 is 2.22 bits per heavy atom. The Balaban J connectivity index is 1.72. The molecule has 1 heterocycles. The first kappa shape index (κ1) is 21.5. The van der Waals surface area contributed by atoms with E-state index in [0.717, 1.165) is 32.6 Å². The van der Waals surface area contributed by atoms with Crippen molar-refractivity contribution in [2.45, 2.75) is 0 Å². The molecule has 3 aromatic carbocycles. The Morgan fingerprint density at radius 1 is 0.906 bits per heavy atom. The van der Waals surface area contributed by atoms with Crippen LogP contribution in [0.3, 0.4) is 0 Å². The van der Waals surface area contributed by atoms with Gasteiger partial charge >= 0.3 is 0 Å². The van der Waals surface area contributed by atoms with Gasteiger partial charge in [0.25, 0.3) is 0 Å². The van der Waals surface area contributed by atoms with E-state index in [1.807, 2.05) is 60.7 Å². The molecule has 0 aliphatic carbocycles. The smallest absolute Gasteiger partial charge is 0.247 e. The molecule has 1 aromatic heterocycles. The molecule has 4 rings (SSSR count). The van der Waals surface area contributed by atoms with Crippen molar-refractivity contribution in [1.82, 2.24) is 9.97 Å². The van der Waals surface area contributed by atoms with E-state index >= 15 is 0 Å². The summed E-state index contributed by atoms with van der Waals surface area (Å²) in [7, 11) is 3.30. The highest BCUT2D eigenvalue weighted by atomic mass is 79.9. The van der Waals surface area contributed by atoms with Crippen LogP contribution in [0.5, 0.6) is 11.5 Å². The number of anilines is 1. The molecular weight excluding hydrogens is 468 g/mol. The van der Waals surface area contributed by atoms with Gasteiger partial charge in [-0.25, -0.2) is 15.0 Å². The summed E-state index contributed by atoms with van der Waals surface area (Å²) in [6.45, 7) is 0. The Labute approximate surface area is 195 Å². The van der Waals surface area contributed by atoms with Crippen LogP contribution in [0, 0.1) is 0 Å². The number of hydrogen-bond acceptors (Lipinski definition) is 6. The number of halogens is 1. The molecule has 0 aliphatic rings. The van der Waals surface area contributed by atoms with Gasteiger partial charge < -0.3 is 9.84 Å². The van der Waals surface area contributed by atoms with Crippen LogP contribution in [0.4, 0.5) is 5.95 Å². The molecule has 6 nitrogen and oxygen atoms in total. The van der Waals surface area contributed by atoms with Gasteiger partial charge in [-0.3, -0.25) is 0 Å². The van der Waals surface area contributed by atoms with E-state index in [1.54, 1.807) is 36.5 Å². The number of aromatic hydroxyl groups is 1. The number of aromatic nitrogens is 2. The maximum atomic E-state index is 9.78. The van der Waals surface area contributed by atoms with Crippen LogP contribution in [0.15, 0.2) is 88.4 Å². The lowest BCUT2D eigenvalue weighted by Crippen LogP contribution is -2.13. The van der Waals surface area contributed by atoms with Crippen molar-refractivity contribution in [1.29, 1.82) is 0 Å². The number of rotatable bonds is 6. The van der Waals surface area contributed by atoms with Crippen LogP contribution in [0.25, 0.3) is 22.5 Å². The fourth-order valence-electron chi connectivity index (χ4n) is 3.08. The molecule has 0 fully saturated rings. The van der Waals surface area contributed by atoms with Gasteiger partial charge in [0.2, 0.25) is 5.95 Å². The van der Waals surface area contributed by atoms with Gasteiger partial charge in [0.15, 0.2) is 11.5 Å². The van der Waals surface area contributed by atoms with Gasteiger partial charge in [0.1, 0.15) is 0 Å². The minimum Gasteiger partial charge on any atom is -0.504 e. The van der Waals surface area contributed by atoms with E-state index in [4.69, 9.17) is 14.7 Å².